The standard InChI is InChI=1S/C12H17N5OS/c1-8(7-17-6-4-5-14-17)15-11(18)10-9(2)16-19-12(10)13-3/h4-6,8,13H,7H2,1-3H3,(H,15,18)/t8-/m1/s1. The second kappa shape index (κ2) is 5.83. The second-order valence-electron chi connectivity index (χ2n) is 4.32. The second-order valence-corrected chi connectivity index (χ2v) is 5.10. The van der Waals surface area contributed by atoms with Crippen LogP contribution < -0.4 is 10.6 Å². The fourth-order valence-electron chi connectivity index (χ4n) is 1.84. The van der Waals surface area contributed by atoms with E-state index in [2.05, 4.69) is 20.1 Å². The molecule has 0 aliphatic carbocycles. The van der Waals surface area contributed by atoms with E-state index < -0.39 is 0 Å². The van der Waals surface area contributed by atoms with Gasteiger partial charge in [-0.2, -0.15) is 9.47 Å². The fourth-order valence-corrected chi connectivity index (χ4v) is 2.58. The number of hydrogen-bond donors (Lipinski definition) is 2. The summed E-state index contributed by atoms with van der Waals surface area (Å²) in [6.45, 7) is 4.43. The minimum atomic E-state index is -0.102. The van der Waals surface area contributed by atoms with Crippen molar-refractivity contribution >= 4 is 22.4 Å². The zero-order valence-corrected chi connectivity index (χ0v) is 12.0. The Morgan fingerprint density at radius 3 is 3.00 bits per heavy atom. The molecule has 1 amide bonds. The summed E-state index contributed by atoms with van der Waals surface area (Å²) in [5, 5.41) is 10.9. The molecule has 0 bridgehead atoms. The van der Waals surface area contributed by atoms with E-state index >= 15 is 0 Å². The Labute approximate surface area is 116 Å². The van der Waals surface area contributed by atoms with Crippen molar-refractivity contribution in [2.45, 2.75) is 26.4 Å². The molecule has 0 fully saturated rings. The van der Waals surface area contributed by atoms with Gasteiger partial charge in [0, 0.05) is 25.5 Å². The van der Waals surface area contributed by atoms with E-state index in [1.165, 1.54) is 11.5 Å². The van der Waals surface area contributed by atoms with Crippen LogP contribution in [-0.4, -0.2) is 33.2 Å². The largest absolute Gasteiger partial charge is 0.378 e. The first-order valence-corrected chi connectivity index (χ1v) is 6.81. The predicted octanol–water partition coefficient (Wildman–Crippen LogP) is 1.51. The van der Waals surface area contributed by atoms with Crippen LogP contribution in [0.25, 0.3) is 0 Å². The smallest absolute Gasteiger partial charge is 0.256 e. The number of anilines is 1. The number of carbonyl (C=O) groups excluding carboxylic acids is 1. The number of carbonyl (C=O) groups is 1. The first kappa shape index (κ1) is 13.5. The minimum absolute atomic E-state index is 0.00333. The molecule has 0 saturated carbocycles. The topological polar surface area (TPSA) is 71.8 Å². The summed E-state index contributed by atoms with van der Waals surface area (Å²) in [5.41, 5.74) is 1.37. The molecule has 0 unspecified atom stereocenters. The van der Waals surface area contributed by atoms with Crippen LogP contribution in [-0.2, 0) is 6.54 Å². The van der Waals surface area contributed by atoms with E-state index in [9.17, 15) is 4.79 Å². The highest BCUT2D eigenvalue weighted by Gasteiger charge is 2.19. The average molecular weight is 279 g/mol. The normalized spacial score (nSPS) is 12.2. The molecule has 0 aromatic carbocycles. The molecular formula is C12H17N5OS. The number of aryl methyl sites for hydroxylation is 1. The summed E-state index contributed by atoms with van der Waals surface area (Å²) in [4.78, 5) is 12.2. The third-order valence-electron chi connectivity index (χ3n) is 2.71. The van der Waals surface area contributed by atoms with Crippen molar-refractivity contribution in [2.24, 2.45) is 0 Å². The maximum atomic E-state index is 12.2. The number of rotatable bonds is 5. The maximum Gasteiger partial charge on any atom is 0.256 e. The first-order chi connectivity index (χ1) is 9.11. The molecular weight excluding hydrogens is 262 g/mol. The molecule has 7 heteroatoms. The molecule has 2 heterocycles. The van der Waals surface area contributed by atoms with Crippen LogP contribution in [0.4, 0.5) is 5.00 Å². The lowest BCUT2D eigenvalue weighted by Gasteiger charge is -2.14. The zero-order chi connectivity index (χ0) is 13.8. The highest BCUT2D eigenvalue weighted by molar-refractivity contribution is 7.10. The summed E-state index contributed by atoms with van der Waals surface area (Å²) in [6, 6.07) is 1.86. The SMILES string of the molecule is CNc1snc(C)c1C(=O)N[C@H](C)Cn1cccn1. The van der Waals surface area contributed by atoms with Crippen molar-refractivity contribution in [1.82, 2.24) is 19.5 Å². The molecule has 2 rings (SSSR count). The molecule has 102 valence electrons. The van der Waals surface area contributed by atoms with E-state index in [0.29, 0.717) is 12.1 Å². The van der Waals surface area contributed by atoms with Gasteiger partial charge in [-0.3, -0.25) is 9.48 Å². The molecule has 2 N–H and O–H groups in total. The average Bonchev–Trinajstić information content (AvgIpc) is 2.98. The van der Waals surface area contributed by atoms with E-state index in [0.717, 1.165) is 10.7 Å². The quantitative estimate of drug-likeness (QED) is 0.870. The van der Waals surface area contributed by atoms with Crippen LogP contribution in [0.3, 0.4) is 0 Å². The highest BCUT2D eigenvalue weighted by atomic mass is 32.1. The molecule has 0 radical (unpaired) electrons. The van der Waals surface area contributed by atoms with Gasteiger partial charge < -0.3 is 10.6 Å². The van der Waals surface area contributed by atoms with E-state index in [4.69, 9.17) is 0 Å². The van der Waals surface area contributed by atoms with Crippen LogP contribution in [0, 0.1) is 6.92 Å². The number of hydrogen-bond acceptors (Lipinski definition) is 5. The molecule has 0 spiro atoms. The Kier molecular flexibility index (Phi) is 4.16. The van der Waals surface area contributed by atoms with Gasteiger partial charge >= 0.3 is 0 Å². The van der Waals surface area contributed by atoms with Gasteiger partial charge in [-0.15, -0.1) is 0 Å². The molecule has 6 nitrogen and oxygen atoms in total. The summed E-state index contributed by atoms with van der Waals surface area (Å²) in [7, 11) is 1.79. The Hall–Kier alpha value is -1.89. The minimum Gasteiger partial charge on any atom is -0.378 e. The van der Waals surface area contributed by atoms with Crippen molar-refractivity contribution in [3.63, 3.8) is 0 Å². The van der Waals surface area contributed by atoms with Gasteiger partial charge in [-0.05, 0) is 31.4 Å². The van der Waals surface area contributed by atoms with Gasteiger partial charge in [0.2, 0.25) is 0 Å². The summed E-state index contributed by atoms with van der Waals surface area (Å²) in [6.07, 6.45) is 3.60. The summed E-state index contributed by atoms with van der Waals surface area (Å²) < 4.78 is 5.99. The van der Waals surface area contributed by atoms with Crippen LogP contribution in [0.15, 0.2) is 18.5 Å². The van der Waals surface area contributed by atoms with Crippen LogP contribution in [0.2, 0.25) is 0 Å². The lowest BCUT2D eigenvalue weighted by molar-refractivity contribution is 0.0936. The zero-order valence-electron chi connectivity index (χ0n) is 11.2. The predicted molar refractivity (Wildman–Crippen MR) is 75.6 cm³/mol. The van der Waals surface area contributed by atoms with Crippen LogP contribution in [0.5, 0.6) is 0 Å². The van der Waals surface area contributed by atoms with Gasteiger partial charge in [-0.1, -0.05) is 0 Å². The highest BCUT2D eigenvalue weighted by Crippen LogP contribution is 2.23. The van der Waals surface area contributed by atoms with Crippen LogP contribution in [0.1, 0.15) is 23.0 Å². The molecule has 0 aliphatic rings. The van der Waals surface area contributed by atoms with Crippen molar-refractivity contribution in [3.05, 3.63) is 29.7 Å². The van der Waals surface area contributed by atoms with Crippen molar-refractivity contribution in [1.29, 1.82) is 0 Å². The Bertz CT molecular complexity index is 548. The summed E-state index contributed by atoms with van der Waals surface area (Å²) >= 11 is 1.30. The van der Waals surface area contributed by atoms with Gasteiger partial charge in [0.05, 0.1) is 17.8 Å². The van der Waals surface area contributed by atoms with Crippen molar-refractivity contribution in [2.75, 3.05) is 12.4 Å². The van der Waals surface area contributed by atoms with E-state index in [1.54, 1.807) is 17.9 Å². The number of amides is 1. The van der Waals surface area contributed by atoms with E-state index in [1.807, 2.05) is 26.1 Å². The van der Waals surface area contributed by atoms with E-state index in [-0.39, 0.29) is 11.9 Å². The van der Waals surface area contributed by atoms with Gasteiger partial charge in [-0.25, -0.2) is 0 Å². The van der Waals surface area contributed by atoms with Crippen molar-refractivity contribution in [3.8, 4) is 0 Å². The lowest BCUT2D eigenvalue weighted by atomic mass is 10.2. The molecule has 0 saturated heterocycles. The number of nitrogens with one attached hydrogen (secondary N) is 2. The Balaban J connectivity index is 2.02. The molecule has 1 atom stereocenters. The van der Waals surface area contributed by atoms with Crippen molar-refractivity contribution < 1.29 is 4.79 Å². The lowest BCUT2D eigenvalue weighted by Crippen LogP contribution is -2.36. The molecule has 2 aromatic rings. The van der Waals surface area contributed by atoms with Gasteiger partial charge in [0.25, 0.3) is 5.91 Å². The maximum absolute atomic E-state index is 12.2. The van der Waals surface area contributed by atoms with Gasteiger partial charge in [0.15, 0.2) is 0 Å². The number of aromatic nitrogens is 3. The Morgan fingerprint density at radius 1 is 1.58 bits per heavy atom. The first-order valence-electron chi connectivity index (χ1n) is 6.04. The third kappa shape index (κ3) is 3.11. The van der Waals surface area contributed by atoms with Gasteiger partial charge in [0.1, 0.15) is 5.00 Å². The molecule has 19 heavy (non-hydrogen) atoms. The fraction of sp³-hybridized carbons (Fsp3) is 0.417. The van der Waals surface area contributed by atoms with Crippen LogP contribution >= 0.6 is 11.5 Å². The summed E-state index contributed by atoms with van der Waals surface area (Å²) in [5.74, 6) is -0.102. The Morgan fingerprint density at radius 2 is 2.37 bits per heavy atom. The third-order valence-corrected chi connectivity index (χ3v) is 3.67. The monoisotopic (exact) mass is 279 g/mol. The number of nitrogens with zero attached hydrogens (tertiary/aromatic N) is 3. The molecule has 0 aliphatic heterocycles. The molecule has 2 aromatic heterocycles.